The first-order valence-corrected chi connectivity index (χ1v) is 12.0. The maximum Gasteiger partial charge on any atom is 0.378 e. The molecule has 0 spiro atoms. The predicted octanol–water partition coefficient (Wildman–Crippen LogP) is 1.13. The van der Waals surface area contributed by atoms with Crippen molar-refractivity contribution in [2.24, 2.45) is 5.92 Å². The summed E-state index contributed by atoms with van der Waals surface area (Å²) in [6, 6.07) is 0.0765. The molecule has 1 atom stereocenters. The van der Waals surface area contributed by atoms with Gasteiger partial charge in [0.25, 0.3) is 5.91 Å². The van der Waals surface area contributed by atoms with Crippen molar-refractivity contribution in [2.75, 3.05) is 19.8 Å². The Labute approximate surface area is 198 Å². The Morgan fingerprint density at radius 3 is 2.74 bits per heavy atom. The summed E-state index contributed by atoms with van der Waals surface area (Å²) in [4.78, 5) is 40.8. The van der Waals surface area contributed by atoms with Gasteiger partial charge in [-0.2, -0.15) is 4.57 Å². The number of H-pyrrole nitrogens is 1. The molecule has 3 N–H and O–H groups in total. The fourth-order valence-corrected chi connectivity index (χ4v) is 4.38. The first kappa shape index (κ1) is 24.0. The summed E-state index contributed by atoms with van der Waals surface area (Å²) in [6.45, 7) is 9.72. The second-order valence-corrected chi connectivity index (χ2v) is 9.57. The molecule has 4 rings (SSSR count). The predicted molar refractivity (Wildman–Crippen MR) is 126 cm³/mol. The molecule has 184 valence electrons. The molecule has 2 aliphatic rings. The Bertz CT molecular complexity index is 1190. The molecule has 2 amide bonds. The molecule has 0 aromatic carbocycles. The van der Waals surface area contributed by atoms with Crippen molar-refractivity contribution < 1.29 is 24.0 Å². The van der Waals surface area contributed by atoms with Crippen LogP contribution in [0.15, 0.2) is 10.9 Å². The van der Waals surface area contributed by atoms with Crippen LogP contribution in [0.2, 0.25) is 0 Å². The Kier molecular flexibility index (Phi) is 6.79. The average Bonchev–Trinajstić information content (AvgIpc) is 3.55. The summed E-state index contributed by atoms with van der Waals surface area (Å²) in [5.41, 5.74) is 0.759. The number of aryl methyl sites for hydroxylation is 1. The minimum Gasteiger partial charge on any atom is -0.477 e. The number of hydrogen-bond donors (Lipinski definition) is 3. The largest absolute Gasteiger partial charge is 0.477 e. The highest BCUT2D eigenvalue weighted by atomic mass is 16.5. The van der Waals surface area contributed by atoms with E-state index in [9.17, 15) is 19.5 Å². The molecular formula is C24H34N5O5+. The van der Waals surface area contributed by atoms with Crippen LogP contribution in [0.5, 0.6) is 5.88 Å². The van der Waals surface area contributed by atoms with Crippen LogP contribution in [-0.4, -0.2) is 63.3 Å². The van der Waals surface area contributed by atoms with E-state index in [0.717, 1.165) is 19.3 Å². The number of hydrogen-bond acceptors (Lipinski definition) is 5. The molecule has 1 aliphatic carbocycles. The molecule has 3 heterocycles. The van der Waals surface area contributed by atoms with E-state index in [2.05, 4.69) is 10.4 Å². The second kappa shape index (κ2) is 9.61. The summed E-state index contributed by atoms with van der Waals surface area (Å²) < 4.78 is 8.35. The monoisotopic (exact) mass is 472 g/mol. The van der Waals surface area contributed by atoms with E-state index >= 15 is 0 Å². The molecule has 2 fully saturated rings. The maximum absolute atomic E-state index is 13.2. The van der Waals surface area contributed by atoms with Gasteiger partial charge in [-0.25, -0.2) is 9.89 Å². The zero-order valence-corrected chi connectivity index (χ0v) is 20.3. The second-order valence-electron chi connectivity index (χ2n) is 9.57. The SMILES string of the molecule is CC[C@@H]1COCCN1C(=O)/C=C/c1c(C)[nH]n2c(=O)c(C(=O)NC3CC3)c(O)[n+](CC(C)C)c12. The lowest BCUT2D eigenvalue weighted by molar-refractivity contribution is -0.686. The van der Waals surface area contributed by atoms with Gasteiger partial charge in [-0.05, 0) is 38.2 Å². The van der Waals surface area contributed by atoms with Crippen LogP contribution in [0.3, 0.4) is 0 Å². The number of fused-ring (bicyclic) bond motifs is 1. The molecule has 10 nitrogen and oxygen atoms in total. The van der Waals surface area contributed by atoms with Gasteiger partial charge in [0.15, 0.2) is 0 Å². The van der Waals surface area contributed by atoms with Crippen molar-refractivity contribution in [3.63, 3.8) is 0 Å². The summed E-state index contributed by atoms with van der Waals surface area (Å²) >= 11 is 0. The first-order chi connectivity index (χ1) is 16.2. The molecule has 1 aliphatic heterocycles. The zero-order valence-electron chi connectivity index (χ0n) is 20.3. The minimum atomic E-state index is -0.626. The van der Waals surface area contributed by atoms with Crippen LogP contribution in [0, 0.1) is 12.8 Å². The van der Waals surface area contributed by atoms with Crippen LogP contribution in [0.25, 0.3) is 11.7 Å². The molecule has 1 saturated carbocycles. The normalized spacial score (nSPS) is 18.9. The molecule has 0 bridgehead atoms. The van der Waals surface area contributed by atoms with E-state index in [-0.39, 0.29) is 35.4 Å². The highest BCUT2D eigenvalue weighted by molar-refractivity contribution is 5.96. The van der Waals surface area contributed by atoms with Gasteiger partial charge in [0.1, 0.15) is 0 Å². The highest BCUT2D eigenvalue weighted by Crippen LogP contribution is 2.22. The van der Waals surface area contributed by atoms with Crippen molar-refractivity contribution in [3.05, 3.63) is 33.3 Å². The smallest absolute Gasteiger partial charge is 0.378 e. The van der Waals surface area contributed by atoms with Crippen molar-refractivity contribution in [3.8, 4) is 5.88 Å². The van der Waals surface area contributed by atoms with Crippen LogP contribution in [-0.2, 0) is 16.1 Å². The number of aromatic hydroxyl groups is 1. The number of aromatic amines is 1. The molecule has 0 unspecified atom stereocenters. The van der Waals surface area contributed by atoms with Gasteiger partial charge in [0, 0.05) is 18.7 Å². The molecule has 0 radical (unpaired) electrons. The Hall–Kier alpha value is -3.14. The highest BCUT2D eigenvalue weighted by Gasteiger charge is 2.35. The van der Waals surface area contributed by atoms with Gasteiger partial charge in [0.2, 0.25) is 11.5 Å². The van der Waals surface area contributed by atoms with Crippen LogP contribution >= 0.6 is 0 Å². The third-order valence-corrected chi connectivity index (χ3v) is 6.35. The Morgan fingerprint density at radius 1 is 1.35 bits per heavy atom. The third kappa shape index (κ3) is 4.59. The molecule has 2 aromatic rings. The molecular weight excluding hydrogens is 438 g/mol. The summed E-state index contributed by atoms with van der Waals surface area (Å²) in [7, 11) is 0. The lowest BCUT2D eigenvalue weighted by atomic mass is 10.1. The number of carbonyl (C=O) groups is 2. The van der Waals surface area contributed by atoms with Gasteiger partial charge >= 0.3 is 17.1 Å². The first-order valence-electron chi connectivity index (χ1n) is 12.0. The van der Waals surface area contributed by atoms with E-state index in [1.807, 2.05) is 20.8 Å². The van der Waals surface area contributed by atoms with Gasteiger partial charge < -0.3 is 20.1 Å². The van der Waals surface area contributed by atoms with Crippen molar-refractivity contribution in [2.45, 2.75) is 65.6 Å². The molecule has 34 heavy (non-hydrogen) atoms. The number of nitrogens with zero attached hydrogens (tertiary/aromatic N) is 3. The number of morpholine rings is 1. The lowest BCUT2D eigenvalue weighted by Crippen LogP contribution is -2.47. The van der Waals surface area contributed by atoms with E-state index < -0.39 is 11.5 Å². The topological polar surface area (TPSA) is 120 Å². The number of ether oxygens (including phenoxy) is 1. The summed E-state index contributed by atoms with van der Waals surface area (Å²) in [5, 5.41) is 16.9. The van der Waals surface area contributed by atoms with Gasteiger partial charge in [-0.3, -0.25) is 9.59 Å². The van der Waals surface area contributed by atoms with Gasteiger partial charge in [-0.15, -0.1) is 0 Å². The van der Waals surface area contributed by atoms with Crippen LogP contribution in [0.1, 0.15) is 61.6 Å². The van der Waals surface area contributed by atoms with Gasteiger partial charge in [0.05, 0.1) is 37.1 Å². The van der Waals surface area contributed by atoms with Crippen molar-refractivity contribution >= 4 is 23.5 Å². The number of rotatable bonds is 7. The standard InChI is InChI=1S/C24H33N5O5/c1-5-17-13-34-11-10-27(17)19(30)9-8-18-15(4)26-29-22(18)28(12-14(2)3)23(32)20(24(29)33)21(31)25-16-6-7-16/h8-9,14,16-17H,5-7,10-13H2,1-4H3,(H2,25,31,32,33)/p+1/b9-8+/t17-/m1/s1. The van der Waals surface area contributed by atoms with Crippen molar-refractivity contribution in [1.82, 2.24) is 19.8 Å². The van der Waals surface area contributed by atoms with Gasteiger partial charge in [-0.1, -0.05) is 25.3 Å². The van der Waals surface area contributed by atoms with E-state index in [4.69, 9.17) is 4.74 Å². The average molecular weight is 473 g/mol. The van der Waals surface area contributed by atoms with E-state index in [1.54, 1.807) is 22.5 Å². The quantitative estimate of drug-likeness (QED) is 0.412. The third-order valence-electron chi connectivity index (χ3n) is 6.35. The molecule has 10 heteroatoms. The molecule has 2 aromatic heterocycles. The van der Waals surface area contributed by atoms with E-state index in [0.29, 0.717) is 43.2 Å². The molecule has 1 saturated heterocycles. The minimum absolute atomic E-state index is 0.0278. The number of aromatic nitrogens is 3. The Balaban J connectivity index is 1.79. The van der Waals surface area contributed by atoms with Crippen LogP contribution < -0.4 is 15.4 Å². The fraction of sp³-hybridized carbons (Fsp3) is 0.583. The number of amides is 2. The number of nitrogens with one attached hydrogen (secondary N) is 2. The van der Waals surface area contributed by atoms with Crippen LogP contribution in [0.4, 0.5) is 0 Å². The van der Waals surface area contributed by atoms with E-state index in [1.165, 1.54) is 10.6 Å². The fourth-order valence-electron chi connectivity index (χ4n) is 4.38. The van der Waals surface area contributed by atoms with Crippen molar-refractivity contribution in [1.29, 1.82) is 0 Å². The summed E-state index contributed by atoms with van der Waals surface area (Å²) in [5.74, 6) is -0.939. The lowest BCUT2D eigenvalue weighted by Gasteiger charge is -2.34. The summed E-state index contributed by atoms with van der Waals surface area (Å²) in [6.07, 6.45) is 5.71. The number of carbonyl (C=O) groups excluding carboxylic acids is 2. The maximum atomic E-state index is 13.2. The Morgan fingerprint density at radius 2 is 2.09 bits per heavy atom. The zero-order chi connectivity index (χ0) is 24.6.